The summed E-state index contributed by atoms with van der Waals surface area (Å²) in [5.41, 5.74) is 0. The van der Waals surface area contributed by atoms with Crippen molar-refractivity contribution in [3.05, 3.63) is 72.9 Å². The van der Waals surface area contributed by atoms with E-state index in [1.807, 2.05) is 24.3 Å². The highest BCUT2D eigenvalue weighted by Crippen LogP contribution is 2.16. The molecule has 0 aliphatic rings. The summed E-state index contributed by atoms with van der Waals surface area (Å²) in [5.74, 6) is -0.903. The van der Waals surface area contributed by atoms with Gasteiger partial charge >= 0.3 is 17.9 Å². The van der Waals surface area contributed by atoms with E-state index in [4.69, 9.17) is 14.2 Å². The summed E-state index contributed by atoms with van der Waals surface area (Å²) < 4.78 is 16.9. The van der Waals surface area contributed by atoms with Crippen LogP contribution < -0.4 is 0 Å². The summed E-state index contributed by atoms with van der Waals surface area (Å²) >= 11 is 0. The van der Waals surface area contributed by atoms with Gasteiger partial charge in [-0.1, -0.05) is 280 Å². The van der Waals surface area contributed by atoms with Crippen molar-refractivity contribution < 1.29 is 28.6 Å². The molecular formula is C63H110O6. The van der Waals surface area contributed by atoms with Gasteiger partial charge in [-0.2, -0.15) is 0 Å². The molecule has 0 saturated carbocycles. The zero-order valence-electron chi connectivity index (χ0n) is 45.6. The summed E-state index contributed by atoms with van der Waals surface area (Å²) in [4.78, 5) is 38.2. The molecule has 0 heterocycles. The highest BCUT2D eigenvalue weighted by atomic mass is 16.6. The van der Waals surface area contributed by atoms with Crippen LogP contribution in [-0.2, 0) is 28.6 Å². The topological polar surface area (TPSA) is 78.9 Å². The van der Waals surface area contributed by atoms with Gasteiger partial charge in [0.15, 0.2) is 6.10 Å². The Hall–Kier alpha value is -3.15. The van der Waals surface area contributed by atoms with Crippen LogP contribution in [0.15, 0.2) is 72.9 Å². The van der Waals surface area contributed by atoms with Crippen LogP contribution in [0, 0.1) is 0 Å². The third kappa shape index (κ3) is 55.6. The summed E-state index contributed by atoms with van der Waals surface area (Å²) in [7, 11) is 0. The summed E-state index contributed by atoms with van der Waals surface area (Å²) in [6, 6.07) is 0. The van der Waals surface area contributed by atoms with Gasteiger partial charge in [0.2, 0.25) is 0 Å². The molecule has 0 saturated heterocycles. The molecule has 398 valence electrons. The van der Waals surface area contributed by atoms with Gasteiger partial charge in [0.05, 0.1) is 0 Å². The molecule has 0 aromatic rings. The van der Waals surface area contributed by atoms with E-state index in [9.17, 15) is 14.4 Å². The maximum Gasteiger partial charge on any atom is 0.306 e. The average molecular weight is 964 g/mol. The van der Waals surface area contributed by atoms with Crippen molar-refractivity contribution in [1.82, 2.24) is 0 Å². The number of allylic oxidation sites excluding steroid dienone is 12. The Labute approximate surface area is 427 Å². The molecule has 69 heavy (non-hydrogen) atoms. The van der Waals surface area contributed by atoms with Gasteiger partial charge in [-0.3, -0.25) is 14.4 Å². The number of hydrogen-bond donors (Lipinski definition) is 0. The van der Waals surface area contributed by atoms with Crippen molar-refractivity contribution in [2.24, 2.45) is 0 Å². The quantitative estimate of drug-likeness (QED) is 0.0199. The van der Waals surface area contributed by atoms with Gasteiger partial charge in [-0.25, -0.2) is 0 Å². The van der Waals surface area contributed by atoms with E-state index in [2.05, 4.69) is 69.4 Å². The fraction of sp³-hybridized carbons (Fsp3) is 0.762. The standard InChI is InChI=1S/C63H110O6/c1-4-7-10-13-16-19-22-25-28-30-32-34-35-38-41-44-47-50-53-56-62(65)68-59-60(58-67-61(64)55-52-49-46-43-40-37-27-24-21-18-15-12-9-6-3)69-63(66)57-54-51-48-45-42-39-36-33-31-29-26-23-20-17-14-11-8-5-2/h11,14,17,20,23,26,29-33,36,60H,4-10,12-13,15-16,18-19,21-22,24-25,27-28,34-35,37-59H2,1-3H3/b14-11-,20-17-,26-23-,31-29-,32-30-,36-33-. The van der Waals surface area contributed by atoms with E-state index in [0.29, 0.717) is 19.3 Å². The van der Waals surface area contributed by atoms with Crippen molar-refractivity contribution in [2.45, 2.75) is 297 Å². The van der Waals surface area contributed by atoms with Gasteiger partial charge < -0.3 is 14.2 Å². The second-order valence-electron chi connectivity index (χ2n) is 19.7. The van der Waals surface area contributed by atoms with Crippen LogP contribution in [0.5, 0.6) is 0 Å². The highest BCUT2D eigenvalue weighted by Gasteiger charge is 2.19. The largest absolute Gasteiger partial charge is 0.462 e. The molecule has 0 radical (unpaired) electrons. The number of unbranched alkanes of at least 4 members (excludes halogenated alkanes) is 34. The highest BCUT2D eigenvalue weighted by molar-refractivity contribution is 5.71. The molecule has 6 nitrogen and oxygen atoms in total. The van der Waals surface area contributed by atoms with Crippen molar-refractivity contribution >= 4 is 17.9 Å². The SMILES string of the molecule is CCC\C=C/C=C\C=C/C=C\C=C/CCCCCCCC(=O)OC(COC(=O)CCCCCCCCC/C=C\CCCCCCCCCC)COC(=O)CCCCCCCCCCCCCCCC. The lowest BCUT2D eigenvalue weighted by atomic mass is 10.0. The normalized spacial score (nSPS) is 12.6. The molecule has 0 aliphatic carbocycles. The third-order valence-corrected chi connectivity index (χ3v) is 12.8. The molecule has 0 spiro atoms. The maximum absolute atomic E-state index is 12.9. The number of ether oxygens (including phenoxy) is 3. The fourth-order valence-corrected chi connectivity index (χ4v) is 8.35. The van der Waals surface area contributed by atoms with Gasteiger partial charge in [0.1, 0.15) is 13.2 Å². The van der Waals surface area contributed by atoms with E-state index in [-0.39, 0.29) is 31.1 Å². The van der Waals surface area contributed by atoms with Gasteiger partial charge in [0.25, 0.3) is 0 Å². The summed E-state index contributed by atoms with van der Waals surface area (Å²) in [6.45, 7) is 6.55. The molecule has 0 N–H and O–H groups in total. The summed E-state index contributed by atoms with van der Waals surface area (Å²) in [6.07, 6.45) is 73.1. The van der Waals surface area contributed by atoms with E-state index in [1.165, 1.54) is 167 Å². The van der Waals surface area contributed by atoms with Crippen molar-refractivity contribution in [2.75, 3.05) is 13.2 Å². The Kier molecular flexibility index (Phi) is 54.8. The van der Waals surface area contributed by atoms with Gasteiger partial charge in [-0.15, -0.1) is 0 Å². The number of carbonyl (C=O) groups excluding carboxylic acids is 3. The monoisotopic (exact) mass is 963 g/mol. The van der Waals surface area contributed by atoms with E-state index in [1.54, 1.807) is 0 Å². The van der Waals surface area contributed by atoms with Crippen LogP contribution in [0.4, 0.5) is 0 Å². The minimum atomic E-state index is -0.790. The molecule has 1 atom stereocenters. The molecule has 6 heteroatoms. The molecule has 0 amide bonds. The van der Waals surface area contributed by atoms with Crippen molar-refractivity contribution in [1.29, 1.82) is 0 Å². The molecule has 0 rings (SSSR count). The number of esters is 3. The van der Waals surface area contributed by atoms with Crippen molar-refractivity contribution in [3.8, 4) is 0 Å². The summed E-state index contributed by atoms with van der Waals surface area (Å²) in [5, 5.41) is 0. The van der Waals surface area contributed by atoms with Crippen LogP contribution in [0.25, 0.3) is 0 Å². The first-order valence-corrected chi connectivity index (χ1v) is 29.5. The van der Waals surface area contributed by atoms with E-state index >= 15 is 0 Å². The molecule has 0 aliphatic heterocycles. The molecule has 0 bridgehead atoms. The van der Waals surface area contributed by atoms with Crippen LogP contribution >= 0.6 is 0 Å². The second-order valence-corrected chi connectivity index (χ2v) is 19.7. The maximum atomic E-state index is 12.9. The lowest BCUT2D eigenvalue weighted by molar-refractivity contribution is -0.167. The Morgan fingerprint density at radius 3 is 0.913 bits per heavy atom. The Balaban J connectivity index is 4.42. The number of hydrogen-bond acceptors (Lipinski definition) is 6. The van der Waals surface area contributed by atoms with Gasteiger partial charge in [-0.05, 0) is 64.2 Å². The zero-order chi connectivity index (χ0) is 50.0. The molecule has 1 unspecified atom stereocenters. The number of rotatable bonds is 53. The Morgan fingerprint density at radius 2 is 0.565 bits per heavy atom. The predicted molar refractivity (Wildman–Crippen MR) is 298 cm³/mol. The van der Waals surface area contributed by atoms with Crippen LogP contribution in [0.1, 0.15) is 290 Å². The van der Waals surface area contributed by atoms with E-state index < -0.39 is 6.10 Å². The first kappa shape index (κ1) is 65.8. The molecular weight excluding hydrogens is 853 g/mol. The van der Waals surface area contributed by atoms with Crippen LogP contribution in [-0.4, -0.2) is 37.2 Å². The first-order chi connectivity index (χ1) is 34.0. The molecule has 0 aromatic carbocycles. The fourth-order valence-electron chi connectivity index (χ4n) is 8.35. The smallest absolute Gasteiger partial charge is 0.306 e. The molecule has 0 fully saturated rings. The van der Waals surface area contributed by atoms with Crippen molar-refractivity contribution in [3.63, 3.8) is 0 Å². The first-order valence-electron chi connectivity index (χ1n) is 29.5. The lowest BCUT2D eigenvalue weighted by Crippen LogP contribution is -2.30. The third-order valence-electron chi connectivity index (χ3n) is 12.8. The Bertz CT molecular complexity index is 1290. The zero-order valence-corrected chi connectivity index (χ0v) is 45.6. The minimum Gasteiger partial charge on any atom is -0.462 e. The number of carbonyl (C=O) groups is 3. The Morgan fingerprint density at radius 1 is 0.290 bits per heavy atom. The van der Waals surface area contributed by atoms with Crippen LogP contribution in [0.3, 0.4) is 0 Å². The minimum absolute atomic E-state index is 0.0851. The average Bonchev–Trinajstić information content (AvgIpc) is 3.35. The molecule has 0 aromatic heterocycles. The van der Waals surface area contributed by atoms with Crippen LogP contribution in [0.2, 0.25) is 0 Å². The second kappa shape index (κ2) is 57.4. The van der Waals surface area contributed by atoms with E-state index in [0.717, 1.165) is 83.5 Å². The predicted octanol–water partition coefficient (Wildman–Crippen LogP) is 19.8. The lowest BCUT2D eigenvalue weighted by Gasteiger charge is -2.18. The van der Waals surface area contributed by atoms with Gasteiger partial charge in [0, 0.05) is 19.3 Å².